The Labute approximate surface area is 106 Å². The molecule has 1 heterocycles. The number of fused-ring (bicyclic) bond motifs is 1. The van der Waals surface area contributed by atoms with E-state index in [1.807, 2.05) is 30.3 Å². The molecule has 0 aromatic heterocycles. The van der Waals surface area contributed by atoms with Crippen LogP contribution in [0.3, 0.4) is 0 Å². The largest absolute Gasteiger partial charge is 0.479 e. The molecule has 2 heteroatoms. The minimum absolute atomic E-state index is 0.0189. The molecule has 1 aliphatic heterocycles. The second-order valence-electron chi connectivity index (χ2n) is 5.01. The standard InChI is InChI=1S/C16H14O2/c1-16(2)15(17)10-14(18-16)13-9-5-7-11-6-3-4-8-12(11)13/h3-10H,1-2H3. The molecule has 0 atom stereocenters. The molecule has 2 aromatic carbocycles. The molecule has 2 aromatic rings. The van der Waals surface area contributed by atoms with Crippen molar-refractivity contribution in [2.24, 2.45) is 0 Å². The van der Waals surface area contributed by atoms with Crippen LogP contribution in [0.15, 0.2) is 48.5 Å². The minimum Gasteiger partial charge on any atom is -0.479 e. The van der Waals surface area contributed by atoms with Gasteiger partial charge in [0, 0.05) is 11.6 Å². The molecule has 0 N–H and O–H groups in total. The van der Waals surface area contributed by atoms with Crippen LogP contribution in [-0.2, 0) is 9.53 Å². The number of carbonyl (C=O) groups is 1. The summed E-state index contributed by atoms with van der Waals surface area (Å²) < 4.78 is 5.77. The summed E-state index contributed by atoms with van der Waals surface area (Å²) in [6, 6.07) is 14.1. The van der Waals surface area contributed by atoms with Gasteiger partial charge in [0.25, 0.3) is 0 Å². The number of hydrogen-bond donors (Lipinski definition) is 0. The van der Waals surface area contributed by atoms with E-state index in [0.29, 0.717) is 5.76 Å². The molecule has 0 saturated heterocycles. The lowest BCUT2D eigenvalue weighted by Crippen LogP contribution is -2.27. The van der Waals surface area contributed by atoms with E-state index in [-0.39, 0.29) is 5.78 Å². The summed E-state index contributed by atoms with van der Waals surface area (Å²) in [5, 5.41) is 2.26. The first-order valence-corrected chi connectivity index (χ1v) is 6.01. The van der Waals surface area contributed by atoms with Gasteiger partial charge in [-0.1, -0.05) is 42.5 Å². The van der Waals surface area contributed by atoms with Crippen LogP contribution in [0.2, 0.25) is 0 Å². The van der Waals surface area contributed by atoms with Gasteiger partial charge < -0.3 is 4.74 Å². The van der Waals surface area contributed by atoms with Crippen molar-refractivity contribution in [2.45, 2.75) is 19.4 Å². The molecule has 0 aliphatic carbocycles. The molecular formula is C16H14O2. The lowest BCUT2D eigenvalue weighted by molar-refractivity contribution is -0.125. The summed E-state index contributed by atoms with van der Waals surface area (Å²) in [4.78, 5) is 11.8. The number of benzene rings is 2. The first kappa shape index (κ1) is 11.0. The Morgan fingerprint density at radius 3 is 2.44 bits per heavy atom. The first-order chi connectivity index (χ1) is 8.58. The van der Waals surface area contributed by atoms with Crippen LogP contribution in [0, 0.1) is 0 Å². The van der Waals surface area contributed by atoms with Gasteiger partial charge in [-0.15, -0.1) is 0 Å². The Bertz CT molecular complexity index is 660. The summed E-state index contributed by atoms with van der Waals surface area (Å²) in [6.45, 7) is 3.59. The van der Waals surface area contributed by atoms with Crippen LogP contribution in [-0.4, -0.2) is 11.4 Å². The number of ketones is 1. The molecule has 0 unspecified atom stereocenters. The molecule has 90 valence electrons. The van der Waals surface area contributed by atoms with Crippen molar-refractivity contribution in [3.05, 3.63) is 54.1 Å². The smallest absolute Gasteiger partial charge is 0.202 e. The maximum Gasteiger partial charge on any atom is 0.202 e. The second-order valence-corrected chi connectivity index (χ2v) is 5.01. The molecule has 0 fully saturated rings. The molecule has 3 rings (SSSR count). The van der Waals surface area contributed by atoms with Crippen LogP contribution < -0.4 is 0 Å². The third kappa shape index (κ3) is 1.61. The highest BCUT2D eigenvalue weighted by Gasteiger charge is 2.35. The molecule has 18 heavy (non-hydrogen) atoms. The first-order valence-electron chi connectivity index (χ1n) is 6.01. The predicted molar refractivity (Wildman–Crippen MR) is 72.1 cm³/mol. The van der Waals surface area contributed by atoms with Gasteiger partial charge in [-0.3, -0.25) is 4.79 Å². The quantitative estimate of drug-likeness (QED) is 0.759. The average Bonchev–Trinajstić information content (AvgIpc) is 2.63. The molecular weight excluding hydrogens is 224 g/mol. The van der Waals surface area contributed by atoms with Crippen LogP contribution in [0.25, 0.3) is 16.5 Å². The third-order valence-corrected chi connectivity index (χ3v) is 3.28. The number of carbonyl (C=O) groups excluding carboxylic acids is 1. The van der Waals surface area contributed by atoms with Crippen molar-refractivity contribution in [1.82, 2.24) is 0 Å². The molecule has 0 radical (unpaired) electrons. The summed E-state index contributed by atoms with van der Waals surface area (Å²) in [7, 11) is 0. The van der Waals surface area contributed by atoms with Crippen LogP contribution in [0.1, 0.15) is 19.4 Å². The molecule has 0 bridgehead atoms. The molecule has 2 nitrogen and oxygen atoms in total. The predicted octanol–water partition coefficient (Wildman–Crippen LogP) is 3.56. The molecule has 0 saturated carbocycles. The SMILES string of the molecule is CC1(C)OC(c2cccc3ccccc23)=CC1=O. The van der Waals surface area contributed by atoms with Crippen molar-refractivity contribution in [3.8, 4) is 0 Å². The van der Waals surface area contributed by atoms with Gasteiger partial charge in [0.2, 0.25) is 5.78 Å². The highest BCUT2D eigenvalue weighted by Crippen LogP contribution is 2.34. The van der Waals surface area contributed by atoms with Crippen molar-refractivity contribution in [3.63, 3.8) is 0 Å². The van der Waals surface area contributed by atoms with E-state index < -0.39 is 5.60 Å². The van der Waals surface area contributed by atoms with E-state index in [1.165, 1.54) is 0 Å². The van der Waals surface area contributed by atoms with Crippen molar-refractivity contribution in [1.29, 1.82) is 0 Å². The number of hydrogen-bond acceptors (Lipinski definition) is 2. The van der Waals surface area contributed by atoms with Crippen LogP contribution >= 0.6 is 0 Å². The Morgan fingerprint density at radius 2 is 1.72 bits per heavy atom. The van der Waals surface area contributed by atoms with Gasteiger partial charge in [-0.2, -0.15) is 0 Å². The Hall–Kier alpha value is -2.09. The Kier molecular flexibility index (Phi) is 2.27. The monoisotopic (exact) mass is 238 g/mol. The minimum atomic E-state index is -0.744. The van der Waals surface area contributed by atoms with Gasteiger partial charge in [-0.25, -0.2) is 0 Å². The van der Waals surface area contributed by atoms with Gasteiger partial charge in [0.1, 0.15) is 5.76 Å². The summed E-state index contributed by atoms with van der Waals surface area (Å²) >= 11 is 0. The molecule has 1 aliphatic rings. The van der Waals surface area contributed by atoms with Crippen LogP contribution in [0.5, 0.6) is 0 Å². The van der Waals surface area contributed by atoms with E-state index in [4.69, 9.17) is 4.74 Å². The van der Waals surface area contributed by atoms with Gasteiger partial charge >= 0.3 is 0 Å². The fourth-order valence-electron chi connectivity index (χ4n) is 2.22. The van der Waals surface area contributed by atoms with E-state index in [2.05, 4.69) is 12.1 Å². The summed E-state index contributed by atoms with van der Waals surface area (Å²) in [5.41, 5.74) is 0.235. The third-order valence-electron chi connectivity index (χ3n) is 3.28. The van der Waals surface area contributed by atoms with Gasteiger partial charge in [0.05, 0.1) is 0 Å². The van der Waals surface area contributed by atoms with Gasteiger partial charge in [0.15, 0.2) is 5.60 Å². The van der Waals surface area contributed by atoms with Crippen LogP contribution in [0.4, 0.5) is 0 Å². The zero-order chi connectivity index (χ0) is 12.8. The number of ether oxygens (including phenoxy) is 1. The Morgan fingerprint density at radius 1 is 1.00 bits per heavy atom. The zero-order valence-corrected chi connectivity index (χ0v) is 10.4. The van der Waals surface area contributed by atoms with Crippen molar-refractivity contribution >= 4 is 22.3 Å². The summed E-state index contributed by atoms with van der Waals surface area (Å²) in [5.74, 6) is 0.687. The maximum atomic E-state index is 11.8. The highest BCUT2D eigenvalue weighted by molar-refractivity contribution is 6.07. The van der Waals surface area contributed by atoms with Crippen molar-refractivity contribution in [2.75, 3.05) is 0 Å². The highest BCUT2D eigenvalue weighted by atomic mass is 16.5. The average molecular weight is 238 g/mol. The Balaban J connectivity index is 2.17. The fourth-order valence-corrected chi connectivity index (χ4v) is 2.22. The van der Waals surface area contributed by atoms with E-state index in [9.17, 15) is 4.79 Å². The summed E-state index contributed by atoms with van der Waals surface area (Å²) in [6.07, 6.45) is 1.60. The molecule has 0 spiro atoms. The molecule has 0 amide bonds. The topological polar surface area (TPSA) is 26.3 Å². The number of rotatable bonds is 1. The zero-order valence-electron chi connectivity index (χ0n) is 10.4. The van der Waals surface area contributed by atoms with E-state index in [0.717, 1.165) is 16.3 Å². The van der Waals surface area contributed by atoms with Gasteiger partial charge in [-0.05, 0) is 24.6 Å². The lowest BCUT2D eigenvalue weighted by atomic mass is 10.0. The van der Waals surface area contributed by atoms with E-state index in [1.54, 1.807) is 19.9 Å². The lowest BCUT2D eigenvalue weighted by Gasteiger charge is -2.18. The van der Waals surface area contributed by atoms with E-state index >= 15 is 0 Å². The van der Waals surface area contributed by atoms with Crippen molar-refractivity contribution < 1.29 is 9.53 Å². The second kappa shape index (κ2) is 3.70. The normalized spacial score (nSPS) is 17.7. The maximum absolute atomic E-state index is 11.8. The fraction of sp³-hybridized carbons (Fsp3) is 0.188.